The van der Waals surface area contributed by atoms with Crippen LogP contribution in [0, 0.1) is 0 Å². The van der Waals surface area contributed by atoms with Crippen molar-refractivity contribution in [1.29, 1.82) is 0 Å². The van der Waals surface area contributed by atoms with Crippen LogP contribution in [-0.2, 0) is 6.54 Å². The number of aliphatic hydroxyl groups is 1. The van der Waals surface area contributed by atoms with E-state index in [9.17, 15) is 5.11 Å². The van der Waals surface area contributed by atoms with Gasteiger partial charge in [0.1, 0.15) is 18.0 Å². The molecule has 1 aliphatic rings. The topological polar surface area (TPSA) is 83.4 Å². The molecule has 1 unspecified atom stereocenters. The van der Waals surface area contributed by atoms with Crippen LogP contribution in [0.5, 0.6) is 5.88 Å². The van der Waals surface area contributed by atoms with Crippen molar-refractivity contribution in [3.05, 3.63) is 36.3 Å². The third-order valence-electron chi connectivity index (χ3n) is 4.10. The molecule has 1 saturated heterocycles. The largest absolute Gasteiger partial charge is 0.478 e. The molecule has 0 amide bonds. The van der Waals surface area contributed by atoms with Gasteiger partial charge in [-0.15, -0.1) is 0 Å². The molecule has 2 aromatic rings. The van der Waals surface area contributed by atoms with E-state index in [2.05, 4.69) is 25.2 Å². The molecule has 2 N–H and O–H groups in total. The molecule has 128 valence electrons. The van der Waals surface area contributed by atoms with Crippen molar-refractivity contribution in [2.75, 3.05) is 30.0 Å². The van der Waals surface area contributed by atoms with Gasteiger partial charge in [0.15, 0.2) is 0 Å². The third kappa shape index (κ3) is 3.91. The zero-order valence-corrected chi connectivity index (χ0v) is 13.9. The summed E-state index contributed by atoms with van der Waals surface area (Å²) in [5.74, 6) is 2.25. The minimum atomic E-state index is 0.154. The van der Waals surface area contributed by atoms with Gasteiger partial charge in [-0.2, -0.15) is 0 Å². The van der Waals surface area contributed by atoms with Crippen LogP contribution in [0.2, 0.25) is 0 Å². The van der Waals surface area contributed by atoms with Gasteiger partial charge in [0.2, 0.25) is 5.88 Å². The van der Waals surface area contributed by atoms with Crippen molar-refractivity contribution in [1.82, 2.24) is 15.0 Å². The van der Waals surface area contributed by atoms with E-state index < -0.39 is 0 Å². The van der Waals surface area contributed by atoms with Gasteiger partial charge < -0.3 is 20.1 Å². The monoisotopic (exact) mass is 329 g/mol. The summed E-state index contributed by atoms with van der Waals surface area (Å²) in [6.07, 6.45) is 5.38. The Balaban J connectivity index is 1.65. The Kier molecular flexibility index (Phi) is 5.43. The van der Waals surface area contributed by atoms with Gasteiger partial charge in [-0.1, -0.05) is 0 Å². The van der Waals surface area contributed by atoms with Gasteiger partial charge >= 0.3 is 0 Å². The summed E-state index contributed by atoms with van der Waals surface area (Å²) in [4.78, 5) is 14.9. The second-order valence-electron chi connectivity index (χ2n) is 5.72. The normalized spacial score (nSPS) is 17.1. The molecule has 0 saturated carbocycles. The Morgan fingerprint density at radius 2 is 2.25 bits per heavy atom. The molecular weight excluding hydrogens is 306 g/mol. The van der Waals surface area contributed by atoms with Gasteiger partial charge in [-0.25, -0.2) is 15.0 Å². The lowest BCUT2D eigenvalue weighted by Crippen LogP contribution is -2.32. The maximum Gasteiger partial charge on any atom is 0.213 e. The second-order valence-corrected chi connectivity index (χ2v) is 5.72. The number of anilines is 2. The predicted molar refractivity (Wildman–Crippen MR) is 92.2 cm³/mol. The lowest BCUT2D eigenvalue weighted by atomic mass is 10.2. The van der Waals surface area contributed by atoms with E-state index in [4.69, 9.17) is 4.74 Å². The summed E-state index contributed by atoms with van der Waals surface area (Å²) >= 11 is 0. The molecule has 0 radical (unpaired) electrons. The van der Waals surface area contributed by atoms with Crippen molar-refractivity contribution >= 4 is 11.6 Å². The highest BCUT2D eigenvalue weighted by Crippen LogP contribution is 2.24. The standard InChI is InChI=1S/C17H23N5O2/c1-2-24-17-8-13(5-6-18-17)10-19-15-9-16(21-12-20-15)22-7-3-4-14(22)11-23/h5-6,8-9,12,14,23H,2-4,7,10-11H2,1H3,(H,19,20,21). The second kappa shape index (κ2) is 7.92. The highest BCUT2D eigenvalue weighted by molar-refractivity contribution is 5.50. The van der Waals surface area contributed by atoms with Crippen molar-refractivity contribution < 1.29 is 9.84 Å². The van der Waals surface area contributed by atoms with Gasteiger partial charge in [0, 0.05) is 31.4 Å². The van der Waals surface area contributed by atoms with E-state index in [1.54, 1.807) is 12.5 Å². The minimum absolute atomic E-state index is 0.154. The van der Waals surface area contributed by atoms with Crippen molar-refractivity contribution in [2.24, 2.45) is 0 Å². The number of hydrogen-bond acceptors (Lipinski definition) is 7. The summed E-state index contributed by atoms with van der Waals surface area (Å²) in [6, 6.07) is 5.95. The van der Waals surface area contributed by atoms with E-state index in [-0.39, 0.29) is 12.6 Å². The van der Waals surface area contributed by atoms with Crippen LogP contribution in [0.4, 0.5) is 11.6 Å². The highest BCUT2D eigenvalue weighted by Gasteiger charge is 2.25. The lowest BCUT2D eigenvalue weighted by Gasteiger charge is -2.24. The molecule has 0 bridgehead atoms. The molecule has 1 fully saturated rings. The Bertz CT molecular complexity index is 667. The van der Waals surface area contributed by atoms with Crippen LogP contribution in [0.15, 0.2) is 30.7 Å². The van der Waals surface area contributed by atoms with Gasteiger partial charge in [0.05, 0.1) is 19.3 Å². The van der Waals surface area contributed by atoms with E-state index in [0.717, 1.165) is 36.6 Å². The summed E-state index contributed by atoms with van der Waals surface area (Å²) in [5.41, 5.74) is 1.07. The molecule has 0 aromatic carbocycles. The maximum absolute atomic E-state index is 9.47. The Morgan fingerprint density at radius 1 is 1.33 bits per heavy atom. The van der Waals surface area contributed by atoms with Crippen LogP contribution >= 0.6 is 0 Å². The third-order valence-corrected chi connectivity index (χ3v) is 4.10. The fourth-order valence-corrected chi connectivity index (χ4v) is 2.91. The molecule has 7 nitrogen and oxygen atoms in total. The van der Waals surface area contributed by atoms with Crippen molar-refractivity contribution in [2.45, 2.75) is 32.4 Å². The molecule has 0 aliphatic carbocycles. The van der Waals surface area contributed by atoms with E-state index in [1.165, 1.54) is 0 Å². The number of ether oxygens (including phenoxy) is 1. The Morgan fingerprint density at radius 3 is 3.08 bits per heavy atom. The van der Waals surface area contributed by atoms with E-state index >= 15 is 0 Å². The average Bonchev–Trinajstić information content (AvgIpc) is 3.10. The first-order valence-corrected chi connectivity index (χ1v) is 8.31. The number of nitrogens with zero attached hydrogens (tertiary/aromatic N) is 4. The van der Waals surface area contributed by atoms with Crippen molar-refractivity contribution in [3.8, 4) is 5.88 Å². The quantitative estimate of drug-likeness (QED) is 0.802. The fraction of sp³-hybridized carbons (Fsp3) is 0.471. The minimum Gasteiger partial charge on any atom is -0.478 e. The van der Waals surface area contributed by atoms with Crippen LogP contribution in [0.3, 0.4) is 0 Å². The van der Waals surface area contributed by atoms with Crippen molar-refractivity contribution in [3.63, 3.8) is 0 Å². The first-order chi connectivity index (χ1) is 11.8. The summed E-state index contributed by atoms with van der Waals surface area (Å²) in [6.45, 7) is 4.24. The van der Waals surface area contributed by atoms with Gasteiger partial charge in [-0.05, 0) is 31.4 Å². The maximum atomic E-state index is 9.47. The van der Waals surface area contributed by atoms with Crippen LogP contribution in [-0.4, -0.2) is 45.9 Å². The van der Waals surface area contributed by atoms with E-state index in [1.807, 2.05) is 25.1 Å². The lowest BCUT2D eigenvalue weighted by molar-refractivity contribution is 0.266. The number of aliphatic hydroxyl groups excluding tert-OH is 1. The molecular formula is C17H23N5O2. The Labute approximate surface area is 141 Å². The zero-order chi connectivity index (χ0) is 16.8. The SMILES string of the molecule is CCOc1cc(CNc2cc(N3CCCC3CO)ncn2)ccn1. The molecule has 1 aliphatic heterocycles. The summed E-state index contributed by atoms with van der Waals surface area (Å²) in [5, 5.41) is 12.8. The fourth-order valence-electron chi connectivity index (χ4n) is 2.91. The summed E-state index contributed by atoms with van der Waals surface area (Å²) in [7, 11) is 0. The molecule has 2 aromatic heterocycles. The average molecular weight is 329 g/mol. The van der Waals surface area contributed by atoms with Gasteiger partial charge in [-0.3, -0.25) is 0 Å². The number of aromatic nitrogens is 3. The van der Waals surface area contributed by atoms with Gasteiger partial charge in [0.25, 0.3) is 0 Å². The smallest absolute Gasteiger partial charge is 0.213 e. The van der Waals surface area contributed by atoms with E-state index in [0.29, 0.717) is 19.0 Å². The van der Waals surface area contributed by atoms with Crippen LogP contribution in [0.1, 0.15) is 25.3 Å². The van der Waals surface area contributed by atoms with Crippen LogP contribution < -0.4 is 15.0 Å². The molecule has 24 heavy (non-hydrogen) atoms. The molecule has 3 heterocycles. The molecule has 3 rings (SSSR count). The number of rotatable bonds is 7. The predicted octanol–water partition coefficient (Wildman–Crippen LogP) is 1.84. The first-order valence-electron chi connectivity index (χ1n) is 8.31. The summed E-state index contributed by atoms with van der Waals surface area (Å²) < 4.78 is 5.41. The molecule has 7 heteroatoms. The van der Waals surface area contributed by atoms with Crippen LogP contribution in [0.25, 0.3) is 0 Å². The number of pyridine rings is 1. The molecule has 0 spiro atoms. The first kappa shape index (κ1) is 16.4. The highest BCUT2D eigenvalue weighted by atomic mass is 16.5. The molecule has 1 atom stereocenters. The number of nitrogens with one attached hydrogen (secondary N) is 1. The zero-order valence-electron chi connectivity index (χ0n) is 13.9. The Hall–Kier alpha value is -2.41. The number of hydrogen-bond donors (Lipinski definition) is 2.